The van der Waals surface area contributed by atoms with Gasteiger partial charge in [-0.25, -0.2) is 4.79 Å². The summed E-state index contributed by atoms with van der Waals surface area (Å²) in [4.78, 5) is 11.4. The fraction of sp³-hybridized carbons (Fsp3) is 0.462. The lowest BCUT2D eigenvalue weighted by atomic mass is 9.74. The van der Waals surface area contributed by atoms with Gasteiger partial charge >= 0.3 is 5.76 Å². The Balaban J connectivity index is 1.95. The first-order chi connectivity index (χ1) is 8.56. The van der Waals surface area contributed by atoms with Gasteiger partial charge in [-0.3, -0.25) is 4.57 Å². The second kappa shape index (κ2) is 3.96. The van der Waals surface area contributed by atoms with Crippen LogP contribution in [-0.4, -0.2) is 10.6 Å². The minimum atomic E-state index is -0.346. The van der Waals surface area contributed by atoms with Crippen LogP contribution >= 0.6 is 0 Å². The van der Waals surface area contributed by atoms with Crippen LogP contribution < -0.4 is 17.2 Å². The molecule has 0 spiro atoms. The van der Waals surface area contributed by atoms with Crippen molar-refractivity contribution in [1.82, 2.24) is 4.57 Å². The first-order valence-electron chi connectivity index (χ1n) is 6.17. The number of rotatable bonds is 2. The molecule has 5 heteroatoms. The molecule has 1 aliphatic rings. The Labute approximate surface area is 104 Å². The van der Waals surface area contributed by atoms with Crippen molar-refractivity contribution in [3.05, 3.63) is 34.3 Å². The predicted octanol–water partition coefficient (Wildman–Crippen LogP) is 0.869. The molecule has 0 amide bonds. The van der Waals surface area contributed by atoms with E-state index in [2.05, 4.69) is 0 Å². The van der Waals surface area contributed by atoms with E-state index in [1.165, 1.54) is 4.57 Å². The molecule has 1 atom stereocenters. The van der Waals surface area contributed by atoms with Crippen LogP contribution in [-0.2, 0) is 7.05 Å². The topological polar surface area (TPSA) is 87.2 Å². The van der Waals surface area contributed by atoms with Crippen molar-refractivity contribution in [3.8, 4) is 0 Å². The molecule has 5 nitrogen and oxygen atoms in total. The number of hydrogen-bond donors (Lipinski definition) is 2. The molecule has 1 heterocycles. The summed E-state index contributed by atoms with van der Waals surface area (Å²) in [6.45, 7) is 0. The van der Waals surface area contributed by atoms with E-state index in [0.717, 1.165) is 23.9 Å². The third-order valence-electron chi connectivity index (χ3n) is 3.92. The Hall–Kier alpha value is -1.59. The number of aryl methyl sites for hydroxylation is 1. The summed E-state index contributed by atoms with van der Waals surface area (Å²) in [6, 6.07) is 5.98. The van der Waals surface area contributed by atoms with Gasteiger partial charge in [-0.1, -0.05) is 6.07 Å². The zero-order chi connectivity index (χ0) is 12.9. The average molecular weight is 247 g/mol. The Morgan fingerprint density at radius 3 is 2.83 bits per heavy atom. The van der Waals surface area contributed by atoms with Crippen molar-refractivity contribution < 1.29 is 4.42 Å². The van der Waals surface area contributed by atoms with E-state index in [4.69, 9.17) is 15.9 Å². The third kappa shape index (κ3) is 1.67. The zero-order valence-electron chi connectivity index (χ0n) is 10.3. The van der Waals surface area contributed by atoms with Crippen LogP contribution in [0.3, 0.4) is 0 Å². The molecule has 1 unspecified atom stereocenters. The van der Waals surface area contributed by atoms with Gasteiger partial charge in [0.1, 0.15) is 0 Å². The highest BCUT2D eigenvalue weighted by atomic mass is 16.4. The lowest BCUT2D eigenvalue weighted by Gasteiger charge is -2.36. The van der Waals surface area contributed by atoms with Crippen LogP contribution in [0.2, 0.25) is 0 Å². The molecule has 1 saturated carbocycles. The molecular weight excluding hydrogens is 230 g/mol. The van der Waals surface area contributed by atoms with Gasteiger partial charge < -0.3 is 15.9 Å². The normalized spacial score (nSPS) is 25.1. The summed E-state index contributed by atoms with van der Waals surface area (Å²) in [7, 11) is 1.69. The lowest BCUT2D eigenvalue weighted by Crippen LogP contribution is -2.41. The van der Waals surface area contributed by atoms with Gasteiger partial charge in [0.2, 0.25) is 0 Å². The predicted molar refractivity (Wildman–Crippen MR) is 69.1 cm³/mol. The number of oxazole rings is 1. The molecule has 0 aliphatic heterocycles. The van der Waals surface area contributed by atoms with Crippen LogP contribution in [0.1, 0.15) is 24.4 Å². The van der Waals surface area contributed by atoms with E-state index >= 15 is 0 Å². The van der Waals surface area contributed by atoms with Gasteiger partial charge in [0.15, 0.2) is 5.58 Å². The maximum Gasteiger partial charge on any atom is 0.419 e. The van der Waals surface area contributed by atoms with Crippen molar-refractivity contribution in [2.24, 2.45) is 24.4 Å². The van der Waals surface area contributed by atoms with Crippen LogP contribution in [0, 0.1) is 5.92 Å². The highest BCUT2D eigenvalue weighted by Gasteiger charge is 2.31. The van der Waals surface area contributed by atoms with E-state index in [-0.39, 0.29) is 11.8 Å². The van der Waals surface area contributed by atoms with E-state index in [9.17, 15) is 4.79 Å². The van der Waals surface area contributed by atoms with Crippen molar-refractivity contribution in [3.63, 3.8) is 0 Å². The SMILES string of the molecule is Cn1c(=O)oc2cc(C(N)C3CC(N)C3)ccc21. The molecule has 18 heavy (non-hydrogen) atoms. The maximum absolute atomic E-state index is 11.4. The highest BCUT2D eigenvalue weighted by molar-refractivity contribution is 5.73. The van der Waals surface area contributed by atoms with E-state index in [1.54, 1.807) is 7.05 Å². The summed E-state index contributed by atoms with van der Waals surface area (Å²) >= 11 is 0. The molecule has 1 aromatic carbocycles. The van der Waals surface area contributed by atoms with Crippen molar-refractivity contribution >= 4 is 11.1 Å². The van der Waals surface area contributed by atoms with Gasteiger partial charge in [-0.05, 0) is 36.5 Å². The smallest absolute Gasteiger partial charge is 0.408 e. The summed E-state index contributed by atoms with van der Waals surface area (Å²) in [5, 5.41) is 0. The Morgan fingerprint density at radius 1 is 1.44 bits per heavy atom. The summed E-state index contributed by atoms with van der Waals surface area (Å²) in [5.74, 6) is 0.0919. The van der Waals surface area contributed by atoms with Gasteiger partial charge in [0, 0.05) is 19.1 Å². The van der Waals surface area contributed by atoms with Crippen LogP contribution in [0.15, 0.2) is 27.4 Å². The zero-order valence-corrected chi connectivity index (χ0v) is 10.3. The van der Waals surface area contributed by atoms with Crippen molar-refractivity contribution in [2.45, 2.75) is 24.9 Å². The number of hydrogen-bond acceptors (Lipinski definition) is 4. The Morgan fingerprint density at radius 2 is 2.17 bits per heavy atom. The van der Waals surface area contributed by atoms with Crippen molar-refractivity contribution in [1.29, 1.82) is 0 Å². The molecule has 0 bridgehead atoms. The molecule has 96 valence electrons. The minimum Gasteiger partial charge on any atom is -0.408 e. The van der Waals surface area contributed by atoms with Gasteiger partial charge in [0.25, 0.3) is 0 Å². The molecule has 1 fully saturated rings. The standard InChI is InChI=1S/C13H17N3O2/c1-16-10-3-2-7(6-11(10)18-13(16)17)12(15)8-4-9(14)5-8/h2-3,6,8-9,12H,4-5,14-15H2,1H3. The average Bonchev–Trinajstić information content (AvgIpc) is 2.60. The molecule has 3 rings (SSSR count). The summed E-state index contributed by atoms with van der Waals surface area (Å²) in [5.41, 5.74) is 14.4. The number of aromatic nitrogens is 1. The molecule has 4 N–H and O–H groups in total. The largest absolute Gasteiger partial charge is 0.419 e. The number of benzene rings is 1. The van der Waals surface area contributed by atoms with Gasteiger partial charge in [-0.15, -0.1) is 0 Å². The number of nitrogens with zero attached hydrogens (tertiary/aromatic N) is 1. The van der Waals surface area contributed by atoms with E-state index in [1.807, 2.05) is 18.2 Å². The number of fused-ring (bicyclic) bond motifs is 1. The van der Waals surface area contributed by atoms with Crippen molar-refractivity contribution in [2.75, 3.05) is 0 Å². The second-order valence-electron chi connectivity index (χ2n) is 5.17. The Bertz CT molecular complexity index is 637. The first-order valence-corrected chi connectivity index (χ1v) is 6.17. The first kappa shape index (κ1) is 11.5. The fourth-order valence-electron chi connectivity index (χ4n) is 2.63. The highest BCUT2D eigenvalue weighted by Crippen LogP contribution is 2.36. The van der Waals surface area contributed by atoms with E-state index in [0.29, 0.717) is 17.5 Å². The second-order valence-corrected chi connectivity index (χ2v) is 5.17. The fourth-order valence-corrected chi connectivity index (χ4v) is 2.63. The maximum atomic E-state index is 11.4. The molecule has 0 saturated heterocycles. The molecule has 1 aromatic heterocycles. The monoisotopic (exact) mass is 247 g/mol. The van der Waals surface area contributed by atoms with Crippen LogP contribution in [0.25, 0.3) is 11.1 Å². The van der Waals surface area contributed by atoms with Gasteiger partial charge in [0.05, 0.1) is 5.52 Å². The van der Waals surface area contributed by atoms with Crippen LogP contribution in [0.5, 0.6) is 0 Å². The van der Waals surface area contributed by atoms with Gasteiger partial charge in [-0.2, -0.15) is 0 Å². The molecule has 1 aliphatic carbocycles. The number of nitrogens with two attached hydrogens (primary N) is 2. The van der Waals surface area contributed by atoms with Crippen LogP contribution in [0.4, 0.5) is 0 Å². The minimum absolute atomic E-state index is 0.0280. The Kier molecular flexibility index (Phi) is 2.53. The quantitative estimate of drug-likeness (QED) is 0.824. The third-order valence-corrected chi connectivity index (χ3v) is 3.92. The lowest BCUT2D eigenvalue weighted by molar-refractivity contribution is 0.224. The summed E-state index contributed by atoms with van der Waals surface area (Å²) < 4.78 is 6.66. The molecule has 2 aromatic rings. The summed E-state index contributed by atoms with van der Waals surface area (Å²) in [6.07, 6.45) is 1.94. The van der Waals surface area contributed by atoms with E-state index < -0.39 is 0 Å². The molecule has 0 radical (unpaired) electrons. The molecular formula is C13H17N3O2.